The average Bonchev–Trinajstić information content (AvgIpc) is 2.47. The van der Waals surface area contributed by atoms with E-state index in [0.717, 1.165) is 5.56 Å². The molecule has 21 heavy (non-hydrogen) atoms. The van der Waals surface area contributed by atoms with Gasteiger partial charge in [0, 0.05) is 0 Å². The Bertz CT molecular complexity index is 606. The van der Waals surface area contributed by atoms with Crippen LogP contribution in [0.2, 0.25) is 5.02 Å². The van der Waals surface area contributed by atoms with Crippen LogP contribution in [0.25, 0.3) is 0 Å². The summed E-state index contributed by atoms with van der Waals surface area (Å²) in [5.74, 6) is 0.100. The van der Waals surface area contributed by atoms with Gasteiger partial charge in [-0.15, -0.1) is 0 Å². The van der Waals surface area contributed by atoms with Gasteiger partial charge in [-0.05, 0) is 40.5 Å². The Morgan fingerprint density at radius 2 is 1.95 bits per heavy atom. The van der Waals surface area contributed by atoms with Crippen molar-refractivity contribution in [2.24, 2.45) is 0 Å². The van der Waals surface area contributed by atoms with E-state index in [9.17, 15) is 4.79 Å². The molecule has 2 aromatic carbocycles. The molecule has 110 valence electrons. The van der Waals surface area contributed by atoms with Gasteiger partial charge in [0.25, 0.3) is 0 Å². The molecule has 0 aromatic heterocycles. The summed E-state index contributed by atoms with van der Waals surface area (Å²) in [4.78, 5) is 11.7. The highest BCUT2D eigenvalue weighted by Crippen LogP contribution is 2.35. The van der Waals surface area contributed by atoms with Gasteiger partial charge >= 0.3 is 5.97 Å². The van der Waals surface area contributed by atoms with Gasteiger partial charge < -0.3 is 9.47 Å². The first-order valence-corrected chi connectivity index (χ1v) is 7.61. The minimum atomic E-state index is -0.408. The van der Waals surface area contributed by atoms with Crippen LogP contribution in [0.1, 0.15) is 22.8 Å². The predicted octanol–water partition coefficient (Wildman–Crippen LogP) is 4.86. The topological polar surface area (TPSA) is 35.5 Å². The SMILES string of the molecule is CCOC(=O)c1cc(Cl)c(OCc2ccccc2)c(Br)c1. The zero-order valence-electron chi connectivity index (χ0n) is 11.4. The highest BCUT2D eigenvalue weighted by molar-refractivity contribution is 9.10. The van der Waals surface area contributed by atoms with E-state index in [1.807, 2.05) is 30.3 Å². The van der Waals surface area contributed by atoms with Crippen LogP contribution in [0.4, 0.5) is 0 Å². The molecule has 0 amide bonds. The van der Waals surface area contributed by atoms with Gasteiger partial charge in [0.05, 0.1) is 21.7 Å². The minimum Gasteiger partial charge on any atom is -0.486 e. The maximum Gasteiger partial charge on any atom is 0.338 e. The number of hydrogen-bond acceptors (Lipinski definition) is 3. The number of benzene rings is 2. The van der Waals surface area contributed by atoms with E-state index < -0.39 is 5.97 Å². The van der Waals surface area contributed by atoms with E-state index >= 15 is 0 Å². The van der Waals surface area contributed by atoms with Gasteiger partial charge in [-0.25, -0.2) is 4.79 Å². The average molecular weight is 370 g/mol. The monoisotopic (exact) mass is 368 g/mol. The summed E-state index contributed by atoms with van der Waals surface area (Å²) in [6.07, 6.45) is 0. The van der Waals surface area contributed by atoms with E-state index in [1.54, 1.807) is 19.1 Å². The summed E-state index contributed by atoms with van der Waals surface area (Å²) in [6.45, 7) is 2.48. The molecule has 2 aromatic rings. The lowest BCUT2D eigenvalue weighted by Crippen LogP contribution is -2.05. The second-order valence-electron chi connectivity index (χ2n) is 4.26. The van der Waals surface area contributed by atoms with Crippen molar-refractivity contribution in [3.05, 3.63) is 63.1 Å². The first-order chi connectivity index (χ1) is 10.1. The van der Waals surface area contributed by atoms with Crippen LogP contribution in [0.5, 0.6) is 5.75 Å². The van der Waals surface area contributed by atoms with Gasteiger partial charge in [-0.1, -0.05) is 41.9 Å². The fraction of sp³-hybridized carbons (Fsp3) is 0.188. The Balaban J connectivity index is 2.15. The zero-order chi connectivity index (χ0) is 15.2. The number of ether oxygens (including phenoxy) is 2. The number of halogens is 2. The summed E-state index contributed by atoms with van der Waals surface area (Å²) in [5.41, 5.74) is 1.43. The van der Waals surface area contributed by atoms with E-state index in [2.05, 4.69) is 15.9 Å². The largest absolute Gasteiger partial charge is 0.486 e. The second kappa shape index (κ2) is 7.48. The van der Waals surface area contributed by atoms with Crippen molar-refractivity contribution in [3.63, 3.8) is 0 Å². The Kier molecular flexibility index (Phi) is 5.65. The zero-order valence-corrected chi connectivity index (χ0v) is 13.8. The molecule has 5 heteroatoms. The first kappa shape index (κ1) is 15.9. The maximum atomic E-state index is 11.7. The molecule has 0 fully saturated rings. The van der Waals surface area contributed by atoms with Crippen LogP contribution in [0.3, 0.4) is 0 Å². The molecule has 0 saturated heterocycles. The molecule has 0 N–H and O–H groups in total. The van der Waals surface area contributed by atoms with Gasteiger partial charge in [0.2, 0.25) is 0 Å². The van der Waals surface area contributed by atoms with E-state index in [0.29, 0.717) is 34.0 Å². The Hall–Kier alpha value is -1.52. The lowest BCUT2D eigenvalue weighted by Gasteiger charge is -2.12. The van der Waals surface area contributed by atoms with Gasteiger partial charge in [-0.3, -0.25) is 0 Å². The van der Waals surface area contributed by atoms with Crippen molar-refractivity contribution in [2.45, 2.75) is 13.5 Å². The van der Waals surface area contributed by atoms with E-state index in [-0.39, 0.29) is 0 Å². The van der Waals surface area contributed by atoms with Gasteiger partial charge in [0.15, 0.2) is 5.75 Å². The molecule has 0 heterocycles. The number of carbonyl (C=O) groups excluding carboxylic acids is 1. The molecule has 2 rings (SSSR count). The van der Waals surface area contributed by atoms with Gasteiger partial charge in [0.1, 0.15) is 6.61 Å². The Labute approximate surface area is 137 Å². The van der Waals surface area contributed by atoms with Crippen LogP contribution in [0, 0.1) is 0 Å². The minimum absolute atomic E-state index is 0.320. The van der Waals surface area contributed by atoms with E-state index in [4.69, 9.17) is 21.1 Å². The third kappa shape index (κ3) is 4.22. The molecular formula is C16H14BrClO3. The van der Waals surface area contributed by atoms with E-state index in [1.165, 1.54) is 0 Å². The van der Waals surface area contributed by atoms with Crippen molar-refractivity contribution in [1.82, 2.24) is 0 Å². The van der Waals surface area contributed by atoms with Crippen LogP contribution >= 0.6 is 27.5 Å². The van der Waals surface area contributed by atoms with Crippen LogP contribution < -0.4 is 4.74 Å². The van der Waals surface area contributed by atoms with Crippen LogP contribution in [0.15, 0.2) is 46.9 Å². The summed E-state index contributed by atoms with van der Waals surface area (Å²) >= 11 is 9.56. The molecule has 0 unspecified atom stereocenters. The molecule has 0 radical (unpaired) electrons. The molecule has 0 aliphatic heterocycles. The first-order valence-electron chi connectivity index (χ1n) is 6.44. The quantitative estimate of drug-likeness (QED) is 0.706. The number of esters is 1. The number of hydrogen-bond donors (Lipinski definition) is 0. The van der Waals surface area contributed by atoms with Crippen molar-refractivity contribution >= 4 is 33.5 Å². The molecule has 0 aliphatic carbocycles. The van der Waals surface area contributed by atoms with Gasteiger partial charge in [-0.2, -0.15) is 0 Å². The summed E-state index contributed by atoms with van der Waals surface area (Å²) < 4.78 is 11.3. The highest BCUT2D eigenvalue weighted by atomic mass is 79.9. The summed E-state index contributed by atoms with van der Waals surface area (Å²) in [6, 6.07) is 13.0. The fourth-order valence-corrected chi connectivity index (χ4v) is 2.72. The van der Waals surface area contributed by atoms with Crippen LogP contribution in [-0.2, 0) is 11.3 Å². The third-order valence-electron chi connectivity index (χ3n) is 2.74. The predicted molar refractivity (Wildman–Crippen MR) is 85.9 cm³/mol. The lowest BCUT2D eigenvalue weighted by atomic mass is 10.2. The normalized spacial score (nSPS) is 10.2. The summed E-state index contributed by atoms with van der Waals surface area (Å²) in [5, 5.41) is 0.364. The molecule has 0 spiro atoms. The maximum absolute atomic E-state index is 11.7. The second-order valence-corrected chi connectivity index (χ2v) is 5.53. The van der Waals surface area contributed by atoms with Crippen LogP contribution in [-0.4, -0.2) is 12.6 Å². The Morgan fingerprint density at radius 3 is 2.57 bits per heavy atom. The molecule has 0 saturated carbocycles. The molecular weight excluding hydrogens is 356 g/mol. The van der Waals surface area contributed by atoms with Crippen molar-refractivity contribution in [1.29, 1.82) is 0 Å². The molecule has 3 nitrogen and oxygen atoms in total. The lowest BCUT2D eigenvalue weighted by molar-refractivity contribution is 0.0526. The number of carbonyl (C=O) groups is 1. The summed E-state index contributed by atoms with van der Waals surface area (Å²) in [7, 11) is 0. The van der Waals surface area contributed by atoms with Crippen molar-refractivity contribution in [2.75, 3.05) is 6.61 Å². The number of rotatable bonds is 5. The fourth-order valence-electron chi connectivity index (χ4n) is 1.76. The third-order valence-corrected chi connectivity index (χ3v) is 3.61. The van der Waals surface area contributed by atoms with Crippen molar-refractivity contribution in [3.8, 4) is 5.75 Å². The molecule has 0 aliphatic rings. The van der Waals surface area contributed by atoms with Crippen molar-refractivity contribution < 1.29 is 14.3 Å². The standard InChI is InChI=1S/C16H14BrClO3/c1-2-20-16(19)12-8-13(17)15(14(18)9-12)21-10-11-6-4-3-5-7-11/h3-9H,2,10H2,1H3. The smallest absolute Gasteiger partial charge is 0.338 e. The molecule has 0 atom stereocenters. The Morgan fingerprint density at radius 1 is 1.24 bits per heavy atom. The highest BCUT2D eigenvalue weighted by Gasteiger charge is 2.14. The molecule has 0 bridgehead atoms.